The molecule has 4 nitrogen and oxygen atoms in total. The van der Waals surface area contributed by atoms with E-state index in [4.69, 9.17) is 5.11 Å². The van der Waals surface area contributed by atoms with Crippen molar-refractivity contribution in [3.05, 3.63) is 30.3 Å². The largest absolute Gasteiger partial charge is 0.481 e. The number of benzene rings is 1. The van der Waals surface area contributed by atoms with E-state index in [0.29, 0.717) is 13.0 Å². The first kappa shape index (κ1) is 18.0. The number of nitrogens with zero attached hydrogens (tertiary/aromatic N) is 1. The highest BCUT2D eigenvalue weighted by molar-refractivity contribution is 5.97. The number of carbonyl (C=O) groups excluding carboxylic acids is 1. The lowest BCUT2D eigenvalue weighted by Gasteiger charge is -2.16. The number of rotatable bonds is 4. The molecule has 1 aliphatic rings. The molecule has 0 aliphatic carbocycles. The minimum atomic E-state index is -4.00. The maximum atomic E-state index is 12.1. The van der Waals surface area contributed by atoms with Crippen LogP contribution in [-0.2, 0) is 9.59 Å². The molecule has 1 amide bonds. The van der Waals surface area contributed by atoms with Gasteiger partial charge in [0.1, 0.15) is 0 Å². The molecule has 1 aromatic carbocycles. The van der Waals surface area contributed by atoms with Gasteiger partial charge in [0.2, 0.25) is 5.91 Å². The summed E-state index contributed by atoms with van der Waals surface area (Å²) in [7, 11) is 0. The van der Waals surface area contributed by atoms with Crippen molar-refractivity contribution in [2.45, 2.75) is 32.4 Å². The van der Waals surface area contributed by atoms with Gasteiger partial charge in [-0.2, -0.15) is 13.2 Å². The Morgan fingerprint density at radius 1 is 1.32 bits per heavy atom. The zero-order valence-corrected chi connectivity index (χ0v) is 12.1. The van der Waals surface area contributed by atoms with Crippen LogP contribution < -0.4 is 4.90 Å². The summed E-state index contributed by atoms with van der Waals surface area (Å²) in [5.41, 5.74) is 0.898. The third kappa shape index (κ3) is 6.60. The summed E-state index contributed by atoms with van der Waals surface area (Å²) in [4.78, 5) is 24.3. The Balaban J connectivity index is 0.000000422. The summed E-state index contributed by atoms with van der Waals surface area (Å²) in [6.07, 6.45) is -2.74. The lowest BCUT2D eigenvalue weighted by molar-refractivity contribution is -0.137. The molecule has 0 aromatic heterocycles. The summed E-state index contributed by atoms with van der Waals surface area (Å²) in [6.45, 7) is 0.875. The molecule has 1 saturated heterocycles. The molecule has 2 rings (SSSR count). The number of hydrogen-bond donors (Lipinski definition) is 1. The zero-order chi connectivity index (χ0) is 16.8. The third-order valence-electron chi connectivity index (χ3n) is 3.09. The second-order valence-electron chi connectivity index (χ2n) is 5.02. The number of anilines is 1. The highest BCUT2D eigenvalue weighted by Crippen LogP contribution is 2.27. The van der Waals surface area contributed by atoms with Crippen molar-refractivity contribution >= 4 is 17.6 Å². The van der Waals surface area contributed by atoms with E-state index in [0.717, 1.165) is 12.1 Å². The van der Waals surface area contributed by atoms with Gasteiger partial charge < -0.3 is 10.0 Å². The summed E-state index contributed by atoms with van der Waals surface area (Å²) in [6, 6.07) is 9.50. The molecule has 0 radical (unpaired) electrons. The first-order valence-electron chi connectivity index (χ1n) is 6.83. The molecule has 1 aliphatic heterocycles. The van der Waals surface area contributed by atoms with Crippen LogP contribution in [0.5, 0.6) is 0 Å². The van der Waals surface area contributed by atoms with Crippen molar-refractivity contribution in [1.29, 1.82) is 0 Å². The highest BCUT2D eigenvalue weighted by Gasteiger charge is 2.32. The van der Waals surface area contributed by atoms with Gasteiger partial charge in [-0.1, -0.05) is 18.2 Å². The fourth-order valence-electron chi connectivity index (χ4n) is 2.17. The Hall–Kier alpha value is -2.05. The summed E-state index contributed by atoms with van der Waals surface area (Å²) in [5, 5.41) is 8.62. The maximum absolute atomic E-state index is 12.1. The van der Waals surface area contributed by atoms with Crippen LogP contribution in [0.15, 0.2) is 30.3 Å². The smallest absolute Gasteiger partial charge is 0.386 e. The second kappa shape index (κ2) is 7.82. The molecule has 122 valence electrons. The Labute approximate surface area is 126 Å². The lowest BCUT2D eigenvalue weighted by Crippen LogP contribution is -2.27. The molecule has 0 spiro atoms. The zero-order valence-electron chi connectivity index (χ0n) is 12.1. The average molecular weight is 317 g/mol. The van der Waals surface area contributed by atoms with E-state index >= 15 is 0 Å². The number of carbonyl (C=O) groups is 2. The molecule has 1 unspecified atom stereocenters. The van der Waals surface area contributed by atoms with Gasteiger partial charge in [-0.15, -0.1) is 0 Å². The van der Waals surface area contributed by atoms with E-state index in [1.807, 2.05) is 30.3 Å². The van der Waals surface area contributed by atoms with E-state index in [1.165, 1.54) is 0 Å². The minimum Gasteiger partial charge on any atom is -0.481 e. The summed E-state index contributed by atoms with van der Waals surface area (Å²) < 4.78 is 31.1. The van der Waals surface area contributed by atoms with Gasteiger partial charge in [-0.25, -0.2) is 0 Å². The van der Waals surface area contributed by atoms with E-state index in [1.54, 1.807) is 4.90 Å². The second-order valence-corrected chi connectivity index (χ2v) is 5.02. The van der Waals surface area contributed by atoms with Crippen LogP contribution in [0.2, 0.25) is 0 Å². The van der Waals surface area contributed by atoms with Crippen LogP contribution in [0, 0.1) is 5.92 Å². The monoisotopic (exact) mass is 317 g/mol. The Bertz CT molecular complexity index is 497. The van der Waals surface area contributed by atoms with Crippen molar-refractivity contribution in [1.82, 2.24) is 0 Å². The Morgan fingerprint density at radius 2 is 1.86 bits per heavy atom. The number of amides is 1. The summed E-state index contributed by atoms with van der Waals surface area (Å²) in [5.74, 6) is -0.917. The number of halogens is 3. The predicted molar refractivity (Wildman–Crippen MR) is 75.5 cm³/mol. The van der Waals surface area contributed by atoms with Gasteiger partial charge in [0.05, 0.1) is 0 Å². The lowest BCUT2D eigenvalue weighted by atomic mass is 10.0. The van der Waals surface area contributed by atoms with Crippen molar-refractivity contribution < 1.29 is 27.9 Å². The Kier molecular flexibility index (Phi) is 6.39. The standard InChI is InChI=1S/C13H15NO3.C2H3F3/c15-12(16)7-6-10-8-9-14(13(10)17)11-4-2-1-3-5-11;1-2(3,4)5/h1-5,10H,6-9H2,(H,15,16);1H3. The van der Waals surface area contributed by atoms with Gasteiger partial charge in [0, 0.05) is 31.5 Å². The van der Waals surface area contributed by atoms with Crippen LogP contribution in [0.1, 0.15) is 26.2 Å². The van der Waals surface area contributed by atoms with Gasteiger partial charge in [0.25, 0.3) is 0 Å². The molecule has 1 fully saturated rings. The first-order valence-corrected chi connectivity index (χ1v) is 6.83. The van der Waals surface area contributed by atoms with Gasteiger partial charge in [0.15, 0.2) is 0 Å². The number of para-hydroxylation sites is 1. The molecule has 7 heteroatoms. The van der Waals surface area contributed by atoms with Crippen LogP contribution in [0.25, 0.3) is 0 Å². The van der Waals surface area contributed by atoms with Gasteiger partial charge in [-0.05, 0) is 25.0 Å². The fraction of sp³-hybridized carbons (Fsp3) is 0.467. The Morgan fingerprint density at radius 3 is 2.36 bits per heavy atom. The summed E-state index contributed by atoms with van der Waals surface area (Å²) >= 11 is 0. The van der Waals surface area contributed by atoms with Gasteiger partial charge >= 0.3 is 12.1 Å². The molecular weight excluding hydrogens is 299 g/mol. The molecule has 0 bridgehead atoms. The molecule has 22 heavy (non-hydrogen) atoms. The number of alkyl halides is 3. The van der Waals surface area contributed by atoms with E-state index in [-0.39, 0.29) is 25.2 Å². The quantitative estimate of drug-likeness (QED) is 0.925. The molecule has 1 aromatic rings. The van der Waals surface area contributed by atoms with E-state index < -0.39 is 12.1 Å². The number of aliphatic carboxylic acids is 1. The predicted octanol–water partition coefficient (Wildman–Crippen LogP) is 3.47. The van der Waals surface area contributed by atoms with Gasteiger partial charge in [-0.3, -0.25) is 9.59 Å². The molecule has 1 N–H and O–H groups in total. The minimum absolute atomic E-state index is 0.0532. The van der Waals surface area contributed by atoms with Crippen LogP contribution in [0.3, 0.4) is 0 Å². The highest BCUT2D eigenvalue weighted by atomic mass is 19.4. The first-order chi connectivity index (χ1) is 10.2. The van der Waals surface area contributed by atoms with Crippen LogP contribution >= 0.6 is 0 Å². The molecular formula is C15H18F3NO3. The van der Waals surface area contributed by atoms with Crippen LogP contribution in [-0.4, -0.2) is 29.7 Å². The average Bonchev–Trinajstić information content (AvgIpc) is 2.77. The SMILES string of the molecule is CC(F)(F)F.O=C(O)CCC1CCN(c2ccccc2)C1=O. The van der Waals surface area contributed by atoms with Crippen molar-refractivity contribution in [2.24, 2.45) is 5.92 Å². The topological polar surface area (TPSA) is 57.6 Å². The number of hydrogen-bond acceptors (Lipinski definition) is 2. The van der Waals surface area contributed by atoms with Crippen LogP contribution in [0.4, 0.5) is 18.9 Å². The maximum Gasteiger partial charge on any atom is 0.386 e. The third-order valence-corrected chi connectivity index (χ3v) is 3.09. The van der Waals surface area contributed by atoms with Crippen molar-refractivity contribution in [3.63, 3.8) is 0 Å². The fourth-order valence-corrected chi connectivity index (χ4v) is 2.17. The number of carboxylic acid groups (broad SMARTS) is 1. The van der Waals surface area contributed by atoms with E-state index in [2.05, 4.69) is 0 Å². The number of carboxylic acids is 1. The van der Waals surface area contributed by atoms with E-state index in [9.17, 15) is 22.8 Å². The normalized spacial score (nSPS) is 17.9. The van der Waals surface area contributed by atoms with Crippen molar-refractivity contribution in [3.8, 4) is 0 Å². The molecule has 1 atom stereocenters. The van der Waals surface area contributed by atoms with Crippen molar-refractivity contribution in [2.75, 3.05) is 11.4 Å². The molecule has 1 heterocycles. The molecule has 0 saturated carbocycles.